The van der Waals surface area contributed by atoms with E-state index in [1.54, 1.807) is 24.3 Å². The second kappa shape index (κ2) is 4.10. The highest BCUT2D eigenvalue weighted by molar-refractivity contribution is 8.54. The molecule has 0 heterocycles. The van der Waals surface area contributed by atoms with Gasteiger partial charge in [-0.25, -0.2) is 4.57 Å². The first-order valence-electron chi connectivity index (χ1n) is 3.27. The molecule has 0 spiro atoms. The Morgan fingerprint density at radius 2 is 2.00 bits per heavy atom. The van der Waals surface area contributed by atoms with Gasteiger partial charge in [0.1, 0.15) is 0 Å². The number of hydrogen-bond donors (Lipinski definition) is 1. The molecule has 0 amide bonds. The normalized spacial score (nSPS) is 15.5. The molecule has 0 aliphatic carbocycles. The van der Waals surface area contributed by atoms with Crippen LogP contribution < -0.4 is 0 Å². The number of hydrogen-bond acceptors (Lipinski definition) is 3. The van der Waals surface area contributed by atoms with Crippen LogP contribution in [0.25, 0.3) is 0 Å². The van der Waals surface area contributed by atoms with Crippen molar-refractivity contribution in [1.29, 1.82) is 0 Å². The van der Waals surface area contributed by atoms with E-state index in [1.807, 2.05) is 6.07 Å². The third kappa shape index (κ3) is 2.99. The van der Waals surface area contributed by atoms with E-state index in [0.29, 0.717) is 0 Å². The molecule has 0 radical (unpaired) electrons. The lowest BCUT2D eigenvalue weighted by Gasteiger charge is -2.06. The van der Waals surface area contributed by atoms with Crippen LogP contribution in [0.15, 0.2) is 35.2 Å². The molecule has 0 aliphatic heterocycles. The standard InChI is InChI=1S/C7H9O3PS/c1-10-11(8,9)12-7-5-3-2-4-6-7/h2-6H,1H3,(H,8,9). The minimum Gasteiger partial charge on any atom is -0.316 e. The van der Waals surface area contributed by atoms with Gasteiger partial charge in [0.2, 0.25) is 0 Å². The molecule has 1 atom stereocenters. The highest BCUT2D eigenvalue weighted by Crippen LogP contribution is 2.58. The maximum atomic E-state index is 11.0. The van der Waals surface area contributed by atoms with Crippen LogP contribution in [-0.4, -0.2) is 12.0 Å². The SMILES string of the molecule is COP(=O)(O)Sc1ccccc1. The maximum Gasteiger partial charge on any atom is 0.391 e. The van der Waals surface area contributed by atoms with Crippen molar-refractivity contribution in [2.24, 2.45) is 0 Å². The van der Waals surface area contributed by atoms with Crippen molar-refractivity contribution < 1.29 is 14.0 Å². The first-order valence-corrected chi connectivity index (χ1v) is 6.27. The molecule has 0 aromatic heterocycles. The molecule has 0 fully saturated rings. The molecule has 1 N–H and O–H groups in total. The summed E-state index contributed by atoms with van der Waals surface area (Å²) in [5.41, 5.74) is 0. The van der Waals surface area contributed by atoms with Crippen LogP contribution >= 0.6 is 18.2 Å². The van der Waals surface area contributed by atoms with Crippen molar-refractivity contribution >= 4 is 18.2 Å². The lowest BCUT2D eigenvalue weighted by Crippen LogP contribution is -1.77. The summed E-state index contributed by atoms with van der Waals surface area (Å²) in [5.74, 6) is 0. The Morgan fingerprint density at radius 1 is 1.42 bits per heavy atom. The minimum atomic E-state index is -3.48. The van der Waals surface area contributed by atoms with E-state index in [2.05, 4.69) is 4.52 Å². The van der Waals surface area contributed by atoms with Gasteiger partial charge in [0.25, 0.3) is 0 Å². The minimum absolute atomic E-state index is 0.727. The Balaban J connectivity index is 2.71. The first-order chi connectivity index (χ1) is 5.64. The topological polar surface area (TPSA) is 46.5 Å². The highest BCUT2D eigenvalue weighted by atomic mass is 32.7. The summed E-state index contributed by atoms with van der Waals surface area (Å²) in [6.45, 7) is -3.48. The molecule has 1 aromatic rings. The zero-order valence-electron chi connectivity index (χ0n) is 6.51. The quantitative estimate of drug-likeness (QED) is 0.768. The monoisotopic (exact) mass is 204 g/mol. The summed E-state index contributed by atoms with van der Waals surface area (Å²) in [6.07, 6.45) is 0. The van der Waals surface area contributed by atoms with Crippen molar-refractivity contribution in [2.45, 2.75) is 4.90 Å². The molecular weight excluding hydrogens is 195 g/mol. The molecule has 66 valence electrons. The molecule has 1 rings (SSSR count). The molecule has 0 bridgehead atoms. The fraction of sp³-hybridized carbons (Fsp3) is 0.143. The Kier molecular flexibility index (Phi) is 3.35. The van der Waals surface area contributed by atoms with Gasteiger partial charge in [-0.05, 0) is 23.5 Å². The van der Waals surface area contributed by atoms with Crippen molar-refractivity contribution in [3.05, 3.63) is 30.3 Å². The van der Waals surface area contributed by atoms with E-state index in [9.17, 15) is 4.57 Å². The van der Waals surface area contributed by atoms with Crippen LogP contribution in [0, 0.1) is 0 Å². The molecule has 0 aliphatic rings. The summed E-state index contributed by atoms with van der Waals surface area (Å²) in [7, 11) is 1.22. The summed E-state index contributed by atoms with van der Waals surface area (Å²) in [4.78, 5) is 9.80. The van der Waals surface area contributed by atoms with Gasteiger partial charge in [-0.1, -0.05) is 18.2 Å². The molecular formula is C7H9O3PS. The predicted octanol–water partition coefficient (Wildman–Crippen LogP) is 2.53. The zero-order chi connectivity index (χ0) is 9.03. The molecule has 3 nitrogen and oxygen atoms in total. The third-order valence-electron chi connectivity index (χ3n) is 1.19. The van der Waals surface area contributed by atoms with E-state index in [1.165, 1.54) is 7.11 Å². The lowest BCUT2D eigenvalue weighted by molar-refractivity contribution is 0.336. The lowest BCUT2D eigenvalue weighted by atomic mass is 10.4. The van der Waals surface area contributed by atoms with Crippen LogP contribution in [0.1, 0.15) is 0 Å². The van der Waals surface area contributed by atoms with E-state index in [-0.39, 0.29) is 0 Å². The molecule has 12 heavy (non-hydrogen) atoms. The first kappa shape index (κ1) is 9.81. The van der Waals surface area contributed by atoms with Crippen LogP contribution in [0.5, 0.6) is 0 Å². The second-order valence-corrected chi connectivity index (χ2v) is 5.94. The van der Waals surface area contributed by atoms with Crippen LogP contribution in [0.4, 0.5) is 0 Å². The Hall–Kier alpha value is -0.280. The maximum absolute atomic E-state index is 11.0. The van der Waals surface area contributed by atoms with Gasteiger partial charge in [-0.3, -0.25) is 0 Å². The average molecular weight is 204 g/mol. The van der Waals surface area contributed by atoms with Gasteiger partial charge in [0.15, 0.2) is 0 Å². The Morgan fingerprint density at radius 3 is 2.50 bits per heavy atom. The molecule has 0 saturated heterocycles. The Labute approximate surface area is 75.0 Å². The fourth-order valence-corrected chi connectivity index (χ4v) is 2.66. The van der Waals surface area contributed by atoms with Gasteiger partial charge in [0.05, 0.1) is 0 Å². The smallest absolute Gasteiger partial charge is 0.316 e. The van der Waals surface area contributed by atoms with Crippen LogP contribution in [0.3, 0.4) is 0 Å². The summed E-state index contributed by atoms with van der Waals surface area (Å²) >= 11 is 0.835. The average Bonchev–Trinajstić information content (AvgIpc) is 2.06. The van der Waals surface area contributed by atoms with Gasteiger partial charge >= 0.3 is 6.80 Å². The van der Waals surface area contributed by atoms with Crippen LogP contribution in [0.2, 0.25) is 0 Å². The van der Waals surface area contributed by atoms with Crippen molar-refractivity contribution in [1.82, 2.24) is 0 Å². The van der Waals surface area contributed by atoms with E-state index < -0.39 is 6.80 Å². The summed E-state index contributed by atoms with van der Waals surface area (Å²) in [6, 6.07) is 8.97. The van der Waals surface area contributed by atoms with E-state index >= 15 is 0 Å². The molecule has 1 unspecified atom stereocenters. The van der Waals surface area contributed by atoms with Crippen molar-refractivity contribution in [2.75, 3.05) is 7.11 Å². The van der Waals surface area contributed by atoms with Gasteiger partial charge in [0, 0.05) is 12.0 Å². The third-order valence-corrected chi connectivity index (χ3v) is 4.14. The summed E-state index contributed by atoms with van der Waals surface area (Å²) < 4.78 is 15.5. The van der Waals surface area contributed by atoms with E-state index in [0.717, 1.165) is 16.3 Å². The van der Waals surface area contributed by atoms with Gasteiger partial charge in [-0.2, -0.15) is 0 Å². The predicted molar refractivity (Wildman–Crippen MR) is 49.1 cm³/mol. The van der Waals surface area contributed by atoms with Crippen LogP contribution in [-0.2, 0) is 9.09 Å². The zero-order valence-corrected chi connectivity index (χ0v) is 8.22. The molecule has 5 heteroatoms. The largest absolute Gasteiger partial charge is 0.391 e. The van der Waals surface area contributed by atoms with E-state index in [4.69, 9.17) is 4.89 Å². The number of benzene rings is 1. The van der Waals surface area contributed by atoms with Gasteiger partial charge < -0.3 is 9.42 Å². The van der Waals surface area contributed by atoms with Gasteiger partial charge in [-0.15, -0.1) is 0 Å². The fourth-order valence-electron chi connectivity index (χ4n) is 0.652. The molecule has 1 aromatic carbocycles. The van der Waals surface area contributed by atoms with Crippen molar-refractivity contribution in [3.63, 3.8) is 0 Å². The number of rotatable bonds is 3. The molecule has 0 saturated carbocycles. The Bertz CT molecular complexity index is 288. The highest BCUT2D eigenvalue weighted by Gasteiger charge is 2.18. The summed E-state index contributed by atoms with van der Waals surface area (Å²) in [5, 5.41) is 0. The second-order valence-electron chi connectivity index (χ2n) is 2.06. The van der Waals surface area contributed by atoms with Crippen molar-refractivity contribution in [3.8, 4) is 0 Å².